The van der Waals surface area contributed by atoms with Gasteiger partial charge < -0.3 is 48.4 Å². The van der Waals surface area contributed by atoms with Crippen molar-refractivity contribution in [3.05, 3.63) is 84.1 Å². The molecule has 354 valence electrons. The summed E-state index contributed by atoms with van der Waals surface area (Å²) in [6.45, 7) is 16.1. The van der Waals surface area contributed by atoms with Crippen LogP contribution in [0.15, 0.2) is 78.0 Å². The molecule has 1 aromatic heterocycles. The highest BCUT2D eigenvalue weighted by Gasteiger charge is 2.48. The first kappa shape index (κ1) is 48.3. The van der Waals surface area contributed by atoms with Gasteiger partial charge >= 0.3 is 12.2 Å². The Morgan fingerprint density at radius 2 is 1.30 bits per heavy atom. The summed E-state index contributed by atoms with van der Waals surface area (Å²) in [5.74, 6) is 0.304. The van der Waals surface area contributed by atoms with E-state index in [2.05, 4.69) is 18.1 Å². The standard InChI is InChI=1S/C47H57N5O12S2/c1-27-18-34-43(55)51(45(57)63-26-29(3)65-66-40-14-10-11-15-48-40)32-22-38(36(59-7)20-30(32)41(53)49(34)24-27)61-16-12-9-13-17-62-39-23-33-31(21-37(39)60-8)42(54)50-25-28(2)19-35(50)44(56)52(33)46(58)64-47(4,5)6/h10-11,14-15,20-23,29,34-35,43-44,55-56H,1-2,9,12-13,16-19,24-26H2,3-8H3/t29-,34+,35?,43+,44?/m1/s1. The number of aliphatic hydroxyl groups excluding tert-OH is 2. The molecule has 0 saturated carbocycles. The molecule has 0 spiro atoms. The third kappa shape index (κ3) is 10.5. The van der Waals surface area contributed by atoms with Crippen molar-refractivity contribution in [3.63, 3.8) is 0 Å². The van der Waals surface area contributed by atoms with Gasteiger partial charge in [-0.15, -0.1) is 0 Å². The van der Waals surface area contributed by atoms with Crippen molar-refractivity contribution in [3.8, 4) is 23.0 Å². The zero-order valence-electron chi connectivity index (χ0n) is 38.0. The van der Waals surface area contributed by atoms with Crippen LogP contribution in [0, 0.1) is 0 Å². The molecule has 0 bridgehead atoms. The zero-order valence-corrected chi connectivity index (χ0v) is 39.7. The van der Waals surface area contributed by atoms with Gasteiger partial charge in [-0.2, -0.15) is 0 Å². The number of hydrogen-bond donors (Lipinski definition) is 2. The first-order valence-corrected chi connectivity index (χ1v) is 23.9. The number of hydrogen-bond acceptors (Lipinski definition) is 15. The number of fused-ring (bicyclic) bond motifs is 4. The lowest BCUT2D eigenvalue weighted by atomic mass is 10.1. The largest absolute Gasteiger partial charge is 0.493 e. The first-order valence-electron chi connectivity index (χ1n) is 21.7. The molecule has 5 heterocycles. The highest BCUT2D eigenvalue weighted by molar-refractivity contribution is 8.76. The van der Waals surface area contributed by atoms with Crippen LogP contribution in [-0.2, 0) is 9.47 Å². The van der Waals surface area contributed by atoms with Gasteiger partial charge in [-0.05, 0) is 94.9 Å². The Hall–Kier alpha value is -5.63. The van der Waals surface area contributed by atoms with Crippen LogP contribution in [0.2, 0.25) is 0 Å². The molecule has 4 aliphatic heterocycles. The van der Waals surface area contributed by atoms with Gasteiger partial charge in [0, 0.05) is 36.7 Å². The summed E-state index contributed by atoms with van der Waals surface area (Å²) in [5.41, 5.74) is 1.19. The van der Waals surface area contributed by atoms with E-state index in [0.29, 0.717) is 32.1 Å². The molecule has 19 heteroatoms. The molecule has 4 amide bonds. The van der Waals surface area contributed by atoms with Crippen LogP contribution in [0.1, 0.15) is 80.5 Å². The van der Waals surface area contributed by atoms with Crippen molar-refractivity contribution in [2.24, 2.45) is 0 Å². The Morgan fingerprint density at radius 3 is 1.77 bits per heavy atom. The Kier molecular flexibility index (Phi) is 15.0. The van der Waals surface area contributed by atoms with Crippen molar-refractivity contribution >= 4 is 57.0 Å². The number of carbonyl (C=O) groups excluding carboxylic acids is 4. The molecule has 66 heavy (non-hydrogen) atoms. The van der Waals surface area contributed by atoms with E-state index in [-0.39, 0.29) is 95.5 Å². The average Bonchev–Trinajstić information content (AvgIpc) is 3.85. The minimum absolute atomic E-state index is 0.0304. The van der Waals surface area contributed by atoms with Crippen LogP contribution in [0.5, 0.6) is 23.0 Å². The SMILES string of the molecule is C=C1CC2C(O)N(C(=O)OC(C)(C)C)c3cc(OCCCCCOc4cc5c(cc4OC)C(=O)N4CC(=C)C[C@H]4[C@H](O)N5C(=O)OC[C@@H](C)SSc4ccccn4)c(OC)cc3C(=O)N2C1. The predicted octanol–water partition coefficient (Wildman–Crippen LogP) is 7.45. The maximum absolute atomic E-state index is 14.0. The number of amides is 4. The quantitative estimate of drug-likeness (QED) is 0.0868. The van der Waals surface area contributed by atoms with Crippen molar-refractivity contribution < 1.29 is 57.8 Å². The smallest absolute Gasteiger partial charge is 0.417 e. The van der Waals surface area contributed by atoms with Gasteiger partial charge in [0.25, 0.3) is 11.8 Å². The lowest BCUT2D eigenvalue weighted by Gasteiger charge is -2.33. The topological polar surface area (TPSA) is 190 Å². The van der Waals surface area contributed by atoms with Crippen molar-refractivity contribution in [1.82, 2.24) is 14.8 Å². The molecule has 2 saturated heterocycles. The predicted molar refractivity (Wildman–Crippen MR) is 250 cm³/mol. The third-order valence-corrected chi connectivity index (χ3v) is 14.1. The number of aromatic nitrogens is 1. The van der Waals surface area contributed by atoms with Crippen LogP contribution in [-0.4, -0.2) is 132 Å². The number of benzene rings is 2. The van der Waals surface area contributed by atoms with E-state index in [9.17, 15) is 29.4 Å². The lowest BCUT2D eigenvalue weighted by molar-refractivity contribution is 0.0310. The van der Waals surface area contributed by atoms with Gasteiger partial charge in [0.15, 0.2) is 35.5 Å². The second kappa shape index (κ2) is 20.5. The number of aliphatic hydroxyl groups is 2. The van der Waals surface area contributed by atoms with Crippen LogP contribution in [0.25, 0.3) is 0 Å². The highest BCUT2D eigenvalue weighted by Crippen LogP contribution is 2.44. The molecule has 17 nitrogen and oxygen atoms in total. The monoisotopic (exact) mass is 947 g/mol. The van der Waals surface area contributed by atoms with E-state index in [1.165, 1.54) is 69.9 Å². The number of carbonyl (C=O) groups is 4. The number of rotatable bonds is 15. The second-order valence-electron chi connectivity index (χ2n) is 17.5. The number of pyridine rings is 1. The van der Waals surface area contributed by atoms with E-state index in [4.69, 9.17) is 28.4 Å². The summed E-state index contributed by atoms with van der Waals surface area (Å²) >= 11 is 0. The molecule has 7 rings (SSSR count). The summed E-state index contributed by atoms with van der Waals surface area (Å²) < 4.78 is 35.2. The Bertz CT molecular complexity index is 2340. The van der Waals surface area contributed by atoms with Crippen molar-refractivity contribution in [2.45, 2.75) is 100 Å². The van der Waals surface area contributed by atoms with E-state index >= 15 is 0 Å². The molecular formula is C47H57N5O12S2. The Labute approximate surface area is 392 Å². The maximum atomic E-state index is 14.0. The van der Waals surface area contributed by atoms with Crippen molar-refractivity contribution in [1.29, 1.82) is 0 Å². The van der Waals surface area contributed by atoms with E-state index in [1.807, 2.05) is 25.1 Å². The molecule has 5 atom stereocenters. The van der Waals surface area contributed by atoms with Crippen LogP contribution >= 0.6 is 21.6 Å². The fraction of sp³-hybridized carbons (Fsp3) is 0.468. The minimum atomic E-state index is -1.43. The average molecular weight is 948 g/mol. The molecule has 3 aromatic rings. The minimum Gasteiger partial charge on any atom is -0.493 e. The first-order chi connectivity index (χ1) is 31.5. The molecule has 0 aliphatic carbocycles. The number of ether oxygens (including phenoxy) is 6. The summed E-state index contributed by atoms with van der Waals surface area (Å²) in [4.78, 5) is 65.1. The molecule has 0 radical (unpaired) electrons. The number of nitrogens with zero attached hydrogens (tertiary/aromatic N) is 5. The fourth-order valence-electron chi connectivity index (χ4n) is 8.24. The van der Waals surface area contributed by atoms with Crippen LogP contribution in [0.4, 0.5) is 21.0 Å². The van der Waals surface area contributed by atoms with E-state index in [0.717, 1.165) is 26.0 Å². The van der Waals surface area contributed by atoms with Gasteiger partial charge in [0.1, 0.15) is 17.2 Å². The van der Waals surface area contributed by atoms with Gasteiger partial charge in [-0.3, -0.25) is 9.59 Å². The maximum Gasteiger partial charge on any atom is 0.417 e. The van der Waals surface area contributed by atoms with Gasteiger partial charge in [0.05, 0.1) is 62.0 Å². The summed E-state index contributed by atoms with van der Waals surface area (Å²) in [6.07, 6.45) is -0.360. The van der Waals surface area contributed by atoms with Gasteiger partial charge in [0.2, 0.25) is 0 Å². The van der Waals surface area contributed by atoms with E-state index in [1.54, 1.807) is 27.0 Å². The molecule has 2 aromatic carbocycles. The molecule has 2 fully saturated rings. The Balaban J connectivity index is 1.02. The number of methoxy groups -OCH3 is 2. The number of unbranched alkanes of at least 4 members (excludes halogenated alkanes) is 2. The summed E-state index contributed by atoms with van der Waals surface area (Å²) in [5, 5.41) is 24.0. The Morgan fingerprint density at radius 1 is 0.788 bits per heavy atom. The summed E-state index contributed by atoms with van der Waals surface area (Å²) in [6, 6.07) is 10.2. The summed E-state index contributed by atoms with van der Waals surface area (Å²) in [7, 11) is 5.86. The molecule has 4 aliphatic rings. The molecular weight excluding hydrogens is 891 g/mol. The number of anilines is 2. The zero-order chi connectivity index (χ0) is 47.4. The fourth-order valence-corrected chi connectivity index (χ4v) is 10.1. The second-order valence-corrected chi connectivity index (χ2v) is 20.1. The van der Waals surface area contributed by atoms with Gasteiger partial charge in [-0.25, -0.2) is 24.4 Å². The molecule has 2 unspecified atom stereocenters. The third-order valence-electron chi connectivity index (χ3n) is 11.3. The lowest BCUT2D eigenvalue weighted by Crippen LogP contribution is -2.51. The normalized spacial score (nSPS) is 20.7. The highest BCUT2D eigenvalue weighted by atomic mass is 33.1. The van der Waals surface area contributed by atoms with Gasteiger partial charge in [-0.1, -0.05) is 41.2 Å². The van der Waals surface area contributed by atoms with Crippen molar-refractivity contribution in [2.75, 3.05) is 56.9 Å². The van der Waals surface area contributed by atoms with Crippen LogP contribution in [0.3, 0.4) is 0 Å². The van der Waals surface area contributed by atoms with E-state index < -0.39 is 42.3 Å². The molecule has 2 N–H and O–H groups in total. The van der Waals surface area contributed by atoms with Crippen LogP contribution < -0.4 is 28.7 Å².